The highest BCUT2D eigenvalue weighted by Crippen LogP contribution is 2.30. The summed E-state index contributed by atoms with van der Waals surface area (Å²) in [4.78, 5) is 4.00. The van der Waals surface area contributed by atoms with Crippen LogP contribution in [0.15, 0.2) is 29.0 Å². The average molecular weight is 231 g/mol. The normalized spacial score (nSPS) is 11.0. The third-order valence-corrected chi connectivity index (χ3v) is 2.71. The maximum Gasteiger partial charge on any atom is 0.175 e. The van der Waals surface area contributed by atoms with Crippen LogP contribution in [0.25, 0.3) is 11.1 Å². The fourth-order valence-electron chi connectivity index (χ4n) is 1.76. The quantitative estimate of drug-likeness (QED) is 0.878. The molecule has 0 aromatic carbocycles. The van der Waals surface area contributed by atoms with Gasteiger partial charge in [-0.3, -0.25) is 4.98 Å². The van der Waals surface area contributed by atoms with Gasteiger partial charge in [-0.1, -0.05) is 19.0 Å². The van der Waals surface area contributed by atoms with Gasteiger partial charge >= 0.3 is 0 Å². The van der Waals surface area contributed by atoms with Gasteiger partial charge < -0.3 is 10.3 Å². The highest BCUT2D eigenvalue weighted by Gasteiger charge is 2.15. The topological polar surface area (TPSA) is 64.9 Å². The van der Waals surface area contributed by atoms with E-state index in [1.54, 1.807) is 12.4 Å². The first-order chi connectivity index (χ1) is 8.18. The molecule has 2 heterocycles. The first-order valence-electron chi connectivity index (χ1n) is 5.83. The van der Waals surface area contributed by atoms with Crippen molar-refractivity contribution in [2.75, 3.05) is 5.73 Å². The van der Waals surface area contributed by atoms with E-state index in [1.165, 1.54) is 0 Å². The van der Waals surface area contributed by atoms with Gasteiger partial charge in [-0.2, -0.15) is 0 Å². The van der Waals surface area contributed by atoms with Crippen LogP contribution in [0.5, 0.6) is 0 Å². The van der Waals surface area contributed by atoms with E-state index in [-0.39, 0.29) is 0 Å². The third kappa shape index (κ3) is 2.64. The third-order valence-electron chi connectivity index (χ3n) is 2.71. The second kappa shape index (κ2) is 4.99. The molecule has 0 bridgehead atoms. The molecule has 0 aliphatic carbocycles. The number of hydrogen-bond acceptors (Lipinski definition) is 4. The van der Waals surface area contributed by atoms with E-state index in [0.29, 0.717) is 11.7 Å². The monoisotopic (exact) mass is 231 g/mol. The van der Waals surface area contributed by atoms with E-state index in [0.717, 1.165) is 29.7 Å². The molecule has 0 radical (unpaired) electrons. The zero-order valence-corrected chi connectivity index (χ0v) is 10.2. The van der Waals surface area contributed by atoms with Gasteiger partial charge in [0.05, 0.1) is 5.56 Å². The highest BCUT2D eigenvalue weighted by atomic mass is 16.5. The molecule has 2 aromatic rings. The lowest BCUT2D eigenvalue weighted by atomic mass is 10.0. The minimum Gasteiger partial charge on any atom is -0.380 e. The van der Waals surface area contributed by atoms with Crippen molar-refractivity contribution in [2.24, 2.45) is 5.92 Å². The van der Waals surface area contributed by atoms with Crippen molar-refractivity contribution >= 4 is 5.82 Å². The van der Waals surface area contributed by atoms with Crippen LogP contribution in [0.3, 0.4) is 0 Å². The summed E-state index contributed by atoms with van der Waals surface area (Å²) in [6, 6.07) is 3.84. The summed E-state index contributed by atoms with van der Waals surface area (Å²) in [5.41, 5.74) is 7.78. The van der Waals surface area contributed by atoms with Crippen molar-refractivity contribution in [2.45, 2.75) is 26.7 Å². The Kier molecular flexibility index (Phi) is 3.42. The van der Waals surface area contributed by atoms with Crippen LogP contribution in [-0.2, 0) is 6.42 Å². The Balaban J connectivity index is 2.30. The molecule has 4 heteroatoms. The van der Waals surface area contributed by atoms with E-state index in [2.05, 4.69) is 24.0 Å². The second-order valence-corrected chi connectivity index (χ2v) is 4.53. The Bertz CT molecular complexity index is 477. The van der Waals surface area contributed by atoms with Crippen LogP contribution in [0.2, 0.25) is 0 Å². The maximum absolute atomic E-state index is 5.85. The standard InChI is InChI=1S/C13H17N3O/c1-9(2)3-4-11-12(13(14)16-17-11)10-5-7-15-8-6-10/h5-9H,3-4H2,1-2H3,(H2,14,16). The molecule has 0 unspecified atom stereocenters. The Morgan fingerprint density at radius 1 is 1.29 bits per heavy atom. The van der Waals surface area contributed by atoms with Crippen LogP contribution in [-0.4, -0.2) is 10.1 Å². The number of pyridine rings is 1. The number of nitrogen functional groups attached to an aromatic ring is 1. The lowest BCUT2D eigenvalue weighted by Gasteiger charge is -2.04. The summed E-state index contributed by atoms with van der Waals surface area (Å²) < 4.78 is 5.30. The van der Waals surface area contributed by atoms with Crippen molar-refractivity contribution < 1.29 is 4.52 Å². The number of nitrogens with two attached hydrogens (primary N) is 1. The van der Waals surface area contributed by atoms with E-state index >= 15 is 0 Å². The lowest BCUT2D eigenvalue weighted by Crippen LogP contribution is -1.94. The molecule has 90 valence electrons. The molecule has 2 rings (SSSR count). The zero-order valence-electron chi connectivity index (χ0n) is 10.2. The summed E-state index contributed by atoms with van der Waals surface area (Å²) in [6.07, 6.45) is 5.41. The summed E-state index contributed by atoms with van der Waals surface area (Å²) >= 11 is 0. The molecule has 0 saturated carbocycles. The second-order valence-electron chi connectivity index (χ2n) is 4.53. The van der Waals surface area contributed by atoms with Gasteiger partial charge in [-0.25, -0.2) is 0 Å². The van der Waals surface area contributed by atoms with Crippen LogP contribution < -0.4 is 5.73 Å². The largest absolute Gasteiger partial charge is 0.380 e. The fraction of sp³-hybridized carbons (Fsp3) is 0.385. The van der Waals surface area contributed by atoms with Crippen LogP contribution in [0, 0.1) is 5.92 Å². The number of nitrogens with zero attached hydrogens (tertiary/aromatic N) is 2. The molecule has 4 nitrogen and oxygen atoms in total. The van der Waals surface area contributed by atoms with Crippen molar-refractivity contribution in [1.29, 1.82) is 0 Å². The Hall–Kier alpha value is -1.84. The number of aromatic nitrogens is 2. The molecule has 2 N–H and O–H groups in total. The highest BCUT2D eigenvalue weighted by molar-refractivity contribution is 5.75. The molecule has 0 aliphatic rings. The summed E-state index contributed by atoms with van der Waals surface area (Å²) in [6.45, 7) is 4.37. The summed E-state index contributed by atoms with van der Waals surface area (Å²) in [7, 11) is 0. The molecular weight excluding hydrogens is 214 g/mol. The van der Waals surface area contributed by atoms with Gasteiger partial charge in [0, 0.05) is 18.8 Å². The minimum atomic E-state index is 0.454. The first kappa shape index (κ1) is 11.6. The number of aryl methyl sites for hydroxylation is 1. The van der Waals surface area contributed by atoms with Crippen LogP contribution in [0.4, 0.5) is 5.82 Å². The molecule has 0 amide bonds. The zero-order chi connectivity index (χ0) is 12.3. The van der Waals surface area contributed by atoms with Crippen molar-refractivity contribution in [3.05, 3.63) is 30.3 Å². The van der Waals surface area contributed by atoms with Gasteiger partial charge in [-0.15, -0.1) is 0 Å². The predicted octanol–water partition coefficient (Wildman–Crippen LogP) is 2.91. The van der Waals surface area contributed by atoms with E-state index in [9.17, 15) is 0 Å². The molecule has 0 atom stereocenters. The number of rotatable bonds is 4. The minimum absolute atomic E-state index is 0.454. The molecule has 0 spiro atoms. The van der Waals surface area contributed by atoms with Gasteiger partial charge in [0.15, 0.2) is 5.82 Å². The van der Waals surface area contributed by atoms with Crippen molar-refractivity contribution in [1.82, 2.24) is 10.1 Å². The average Bonchev–Trinajstić information content (AvgIpc) is 2.69. The van der Waals surface area contributed by atoms with E-state index < -0.39 is 0 Å². The molecular formula is C13H17N3O. The van der Waals surface area contributed by atoms with Gasteiger partial charge in [-0.05, 0) is 30.0 Å². The van der Waals surface area contributed by atoms with Crippen molar-refractivity contribution in [3.63, 3.8) is 0 Å². The summed E-state index contributed by atoms with van der Waals surface area (Å²) in [5.74, 6) is 1.95. The number of hydrogen-bond donors (Lipinski definition) is 1. The number of anilines is 1. The van der Waals surface area contributed by atoms with Crippen molar-refractivity contribution in [3.8, 4) is 11.1 Å². The smallest absolute Gasteiger partial charge is 0.175 e. The van der Waals surface area contributed by atoms with E-state index in [4.69, 9.17) is 10.3 Å². The molecule has 0 aliphatic heterocycles. The fourth-order valence-corrected chi connectivity index (χ4v) is 1.76. The first-order valence-corrected chi connectivity index (χ1v) is 5.83. The molecule has 2 aromatic heterocycles. The SMILES string of the molecule is CC(C)CCc1onc(N)c1-c1ccncc1. The molecule has 0 fully saturated rings. The van der Waals surface area contributed by atoms with Gasteiger partial charge in [0.2, 0.25) is 0 Å². The van der Waals surface area contributed by atoms with Crippen LogP contribution in [0.1, 0.15) is 26.0 Å². The Labute approximate surface area is 101 Å². The van der Waals surface area contributed by atoms with Gasteiger partial charge in [0.1, 0.15) is 5.76 Å². The molecule has 0 saturated heterocycles. The molecule has 17 heavy (non-hydrogen) atoms. The summed E-state index contributed by atoms with van der Waals surface area (Å²) in [5, 5.41) is 3.85. The van der Waals surface area contributed by atoms with Gasteiger partial charge in [0.25, 0.3) is 0 Å². The van der Waals surface area contributed by atoms with Crippen LogP contribution >= 0.6 is 0 Å². The maximum atomic E-state index is 5.85. The lowest BCUT2D eigenvalue weighted by molar-refractivity contribution is 0.376. The Morgan fingerprint density at radius 2 is 2.00 bits per heavy atom. The van der Waals surface area contributed by atoms with E-state index in [1.807, 2.05) is 12.1 Å². The Morgan fingerprint density at radius 3 is 2.65 bits per heavy atom. The predicted molar refractivity (Wildman–Crippen MR) is 67.3 cm³/mol.